The minimum absolute atomic E-state index is 0.00658. The van der Waals surface area contributed by atoms with Crippen LogP contribution in [-0.4, -0.2) is 111 Å². The molecule has 1 saturated carbocycles. The second-order valence-electron chi connectivity index (χ2n) is 15.8. The fourth-order valence-electron chi connectivity index (χ4n) is 7.23. The summed E-state index contributed by atoms with van der Waals surface area (Å²) < 4.78 is 4.95. The SMILES string of the molecule is CCC(C)C(C(=O)NC(Cc1ccccc1)C(O)CN(NC(=O)N(CC(C)(C)C)C(=O)OC)C1CCCCC1)N1CCN(Cc2cccc(C)n2)C1=O. The van der Waals surface area contributed by atoms with Crippen LogP contribution in [-0.2, 0) is 22.5 Å². The number of urea groups is 2. The minimum Gasteiger partial charge on any atom is -0.452 e. The highest BCUT2D eigenvalue weighted by molar-refractivity contribution is 5.90. The average Bonchev–Trinajstić information content (AvgIpc) is 3.48. The topological polar surface area (TPSA) is 148 Å². The van der Waals surface area contributed by atoms with Gasteiger partial charge in [0.1, 0.15) is 6.04 Å². The maximum absolute atomic E-state index is 14.4. The lowest BCUT2D eigenvalue weighted by molar-refractivity contribution is -0.128. The summed E-state index contributed by atoms with van der Waals surface area (Å²) in [6.07, 6.45) is 3.74. The van der Waals surface area contributed by atoms with Gasteiger partial charge < -0.3 is 25.0 Å². The molecule has 4 atom stereocenters. The van der Waals surface area contributed by atoms with Gasteiger partial charge in [-0.1, -0.05) is 96.7 Å². The molecule has 2 aromatic rings. The van der Waals surface area contributed by atoms with E-state index in [9.17, 15) is 24.3 Å². The number of hydrazine groups is 1. The molecule has 1 aliphatic carbocycles. The van der Waals surface area contributed by atoms with E-state index in [-0.39, 0.29) is 42.4 Å². The van der Waals surface area contributed by atoms with Crippen LogP contribution in [0.15, 0.2) is 48.5 Å². The first-order valence-electron chi connectivity index (χ1n) is 19.1. The van der Waals surface area contributed by atoms with E-state index in [4.69, 9.17) is 4.74 Å². The molecule has 53 heavy (non-hydrogen) atoms. The molecule has 3 N–H and O–H groups in total. The van der Waals surface area contributed by atoms with Gasteiger partial charge in [-0.15, -0.1) is 0 Å². The predicted octanol–water partition coefficient (Wildman–Crippen LogP) is 5.50. The number of imide groups is 1. The quantitative estimate of drug-likeness (QED) is 0.203. The van der Waals surface area contributed by atoms with Crippen LogP contribution in [0, 0.1) is 18.3 Å². The molecule has 6 amide bonds. The molecular formula is C40H61N7O6. The van der Waals surface area contributed by atoms with Crippen molar-refractivity contribution in [2.24, 2.45) is 11.3 Å². The number of nitrogens with zero attached hydrogens (tertiary/aromatic N) is 5. The van der Waals surface area contributed by atoms with E-state index in [1.165, 1.54) is 7.11 Å². The summed E-state index contributed by atoms with van der Waals surface area (Å²) in [5, 5.41) is 16.9. The second-order valence-corrected chi connectivity index (χ2v) is 15.8. The molecule has 0 radical (unpaired) electrons. The van der Waals surface area contributed by atoms with Crippen LogP contribution in [0.1, 0.15) is 90.1 Å². The number of methoxy groups -OCH3 is 1. The highest BCUT2D eigenvalue weighted by Crippen LogP contribution is 2.25. The molecule has 13 heteroatoms. The lowest BCUT2D eigenvalue weighted by Gasteiger charge is -2.39. The standard InChI is InChI=1S/C40H61N7O6/c1-8-28(2)35(45-23-22-44(38(45)51)25-31-19-15-16-29(3)41-31)36(49)42-33(24-30-17-11-9-12-18-30)34(48)26-47(32-20-13-10-14-21-32)43-37(50)46(39(52)53-7)27-40(4,5)6/h9,11-12,15-19,28,32-35,48H,8,10,13-14,20-27H2,1-7H3,(H,42,49)(H,43,50). The highest BCUT2D eigenvalue weighted by Gasteiger charge is 2.41. The van der Waals surface area contributed by atoms with Crippen LogP contribution in [0.5, 0.6) is 0 Å². The maximum atomic E-state index is 14.4. The van der Waals surface area contributed by atoms with Gasteiger partial charge in [0.05, 0.1) is 31.5 Å². The third-order valence-electron chi connectivity index (χ3n) is 10.2. The van der Waals surface area contributed by atoms with Crippen molar-refractivity contribution in [3.05, 3.63) is 65.5 Å². The number of rotatable bonds is 15. The van der Waals surface area contributed by atoms with Gasteiger partial charge in [-0.3, -0.25) is 15.2 Å². The Bertz CT molecular complexity index is 1510. The van der Waals surface area contributed by atoms with E-state index in [1.807, 2.05) is 90.1 Å². The van der Waals surface area contributed by atoms with E-state index in [0.29, 0.717) is 32.5 Å². The van der Waals surface area contributed by atoms with Gasteiger partial charge in [0.25, 0.3) is 0 Å². The van der Waals surface area contributed by atoms with Crippen molar-refractivity contribution in [3.63, 3.8) is 0 Å². The van der Waals surface area contributed by atoms with Crippen molar-refractivity contribution in [3.8, 4) is 0 Å². The number of carbonyl (C=O) groups is 4. The van der Waals surface area contributed by atoms with Crippen molar-refractivity contribution in [1.29, 1.82) is 0 Å². The minimum atomic E-state index is -1.12. The van der Waals surface area contributed by atoms with Crippen LogP contribution in [0.3, 0.4) is 0 Å². The number of pyridine rings is 1. The zero-order valence-corrected chi connectivity index (χ0v) is 32.7. The number of aromatic nitrogens is 1. The Morgan fingerprint density at radius 2 is 1.74 bits per heavy atom. The number of aliphatic hydroxyl groups excluding tert-OH is 1. The third-order valence-corrected chi connectivity index (χ3v) is 10.2. The number of hydrogen-bond acceptors (Lipinski definition) is 8. The summed E-state index contributed by atoms with van der Waals surface area (Å²) >= 11 is 0. The Morgan fingerprint density at radius 3 is 2.36 bits per heavy atom. The summed E-state index contributed by atoms with van der Waals surface area (Å²) in [5.41, 5.74) is 5.14. The van der Waals surface area contributed by atoms with Gasteiger partial charge in [0.2, 0.25) is 5.91 Å². The van der Waals surface area contributed by atoms with Gasteiger partial charge in [0, 0.05) is 37.9 Å². The lowest BCUT2D eigenvalue weighted by atomic mass is 9.93. The van der Waals surface area contributed by atoms with Crippen LogP contribution in [0.25, 0.3) is 0 Å². The molecule has 2 heterocycles. The Kier molecular flexibility index (Phi) is 15.0. The maximum Gasteiger partial charge on any atom is 0.417 e. The normalized spacial score (nSPS) is 17.6. The van der Waals surface area contributed by atoms with Gasteiger partial charge in [-0.25, -0.2) is 24.3 Å². The van der Waals surface area contributed by atoms with Crippen LogP contribution < -0.4 is 10.7 Å². The summed E-state index contributed by atoms with van der Waals surface area (Å²) in [4.78, 5) is 63.6. The number of aryl methyl sites for hydroxylation is 1. The van der Waals surface area contributed by atoms with Gasteiger partial charge >= 0.3 is 18.2 Å². The lowest BCUT2D eigenvalue weighted by Crippen LogP contribution is -2.61. The molecule has 2 fully saturated rings. The van der Waals surface area contributed by atoms with E-state index >= 15 is 0 Å². The first-order valence-corrected chi connectivity index (χ1v) is 19.1. The molecule has 1 aliphatic heterocycles. The smallest absolute Gasteiger partial charge is 0.417 e. The Hall–Kier alpha value is -4.23. The summed E-state index contributed by atoms with van der Waals surface area (Å²) in [6, 6.07) is 12.9. The Labute approximate surface area is 315 Å². The molecule has 0 spiro atoms. The molecule has 1 aromatic heterocycles. The largest absolute Gasteiger partial charge is 0.452 e. The molecule has 292 valence electrons. The first kappa shape index (κ1) is 41.5. The number of hydrogen-bond donors (Lipinski definition) is 3. The Balaban J connectivity index is 1.57. The number of amides is 6. The van der Waals surface area contributed by atoms with E-state index in [1.54, 1.807) is 14.8 Å². The Morgan fingerprint density at radius 1 is 1.04 bits per heavy atom. The van der Waals surface area contributed by atoms with Crippen molar-refractivity contribution >= 4 is 24.1 Å². The fourth-order valence-corrected chi connectivity index (χ4v) is 7.23. The van der Waals surface area contributed by atoms with E-state index in [0.717, 1.165) is 54.0 Å². The van der Waals surface area contributed by atoms with Crippen molar-refractivity contribution in [2.45, 2.75) is 117 Å². The molecule has 0 bridgehead atoms. The van der Waals surface area contributed by atoms with Crippen molar-refractivity contribution in [2.75, 3.05) is 33.3 Å². The van der Waals surface area contributed by atoms with E-state index in [2.05, 4.69) is 15.7 Å². The van der Waals surface area contributed by atoms with Crippen molar-refractivity contribution < 1.29 is 29.0 Å². The van der Waals surface area contributed by atoms with Crippen LogP contribution in [0.2, 0.25) is 0 Å². The molecule has 1 saturated heterocycles. The summed E-state index contributed by atoms with van der Waals surface area (Å²) in [6.45, 7) is 13.0. The summed E-state index contributed by atoms with van der Waals surface area (Å²) in [5.74, 6) is -0.492. The highest BCUT2D eigenvalue weighted by atomic mass is 16.5. The number of aliphatic hydroxyl groups is 1. The number of ether oxygens (including phenoxy) is 1. The van der Waals surface area contributed by atoms with Gasteiger partial charge in [0.15, 0.2) is 0 Å². The molecule has 4 rings (SSSR count). The number of carbonyl (C=O) groups excluding carboxylic acids is 4. The molecule has 13 nitrogen and oxygen atoms in total. The van der Waals surface area contributed by atoms with Gasteiger partial charge in [-0.05, 0) is 55.2 Å². The van der Waals surface area contributed by atoms with E-state index < -0.39 is 30.3 Å². The summed E-state index contributed by atoms with van der Waals surface area (Å²) in [7, 11) is 1.24. The number of benzene rings is 1. The van der Waals surface area contributed by atoms with Crippen molar-refractivity contribution in [1.82, 2.24) is 35.4 Å². The van der Waals surface area contributed by atoms with Crippen LogP contribution in [0.4, 0.5) is 14.4 Å². The average molecular weight is 736 g/mol. The van der Waals surface area contributed by atoms with Gasteiger partial charge in [-0.2, -0.15) is 0 Å². The van der Waals surface area contributed by atoms with Crippen LogP contribution >= 0.6 is 0 Å². The second kappa shape index (κ2) is 19.2. The molecule has 4 unspecified atom stereocenters. The number of nitrogens with one attached hydrogen (secondary N) is 2. The zero-order valence-electron chi connectivity index (χ0n) is 32.7. The third kappa shape index (κ3) is 11.9. The molecular weight excluding hydrogens is 674 g/mol. The zero-order chi connectivity index (χ0) is 38.7. The molecule has 1 aromatic carbocycles. The monoisotopic (exact) mass is 735 g/mol. The predicted molar refractivity (Wildman–Crippen MR) is 203 cm³/mol. The molecule has 2 aliphatic rings. The first-order chi connectivity index (χ1) is 25.2. The fraction of sp³-hybridized carbons (Fsp3) is 0.625.